The third-order valence-corrected chi connectivity index (χ3v) is 3.81. The summed E-state index contributed by atoms with van der Waals surface area (Å²) in [5, 5.41) is 58.2. The predicted octanol–water partition coefficient (Wildman–Crippen LogP) is -3.58. The number of aliphatic hydroxyl groups is 6. The van der Waals surface area contributed by atoms with E-state index in [0.29, 0.717) is 0 Å². The molecule has 0 aromatic heterocycles. The first-order chi connectivity index (χ1) is 12.2. The lowest BCUT2D eigenvalue weighted by Gasteiger charge is -2.39. The summed E-state index contributed by atoms with van der Waals surface area (Å²) < 4.78 is 19.4. The minimum absolute atomic E-state index is 0.565. The van der Waals surface area contributed by atoms with Crippen molar-refractivity contribution in [2.75, 3.05) is 13.2 Å². The molecule has 0 saturated carbocycles. The minimum atomic E-state index is -1.81. The molecule has 12 heteroatoms. The highest BCUT2D eigenvalue weighted by molar-refractivity contribution is 5.89. The Kier molecular flexibility index (Phi) is 6.39. The van der Waals surface area contributed by atoms with Gasteiger partial charge in [-0.05, 0) is 0 Å². The van der Waals surface area contributed by atoms with Crippen LogP contribution in [0.5, 0.6) is 0 Å². The first-order valence-electron chi connectivity index (χ1n) is 7.60. The van der Waals surface area contributed by atoms with E-state index in [1.54, 1.807) is 0 Å². The summed E-state index contributed by atoms with van der Waals surface area (Å²) in [6, 6.07) is 0. The molecule has 148 valence electrons. The number of rotatable bonds is 6. The zero-order valence-electron chi connectivity index (χ0n) is 13.6. The van der Waals surface area contributed by atoms with Crippen LogP contribution in [0.25, 0.3) is 0 Å². The van der Waals surface area contributed by atoms with Crippen LogP contribution in [-0.4, -0.2) is 98.7 Å². The van der Waals surface area contributed by atoms with Gasteiger partial charge in [0, 0.05) is 6.92 Å². The zero-order chi connectivity index (χ0) is 19.6. The first kappa shape index (κ1) is 20.4. The summed E-state index contributed by atoms with van der Waals surface area (Å²) in [5.74, 6) is -3.55. The first-order valence-corrected chi connectivity index (χ1v) is 7.60. The molecule has 0 aromatic carbocycles. The number of carbonyl (C=O) groups is 2. The summed E-state index contributed by atoms with van der Waals surface area (Å²) in [6.45, 7) is -0.189. The lowest BCUT2D eigenvalue weighted by atomic mass is 9.99. The number of ether oxygens (including phenoxy) is 4. The van der Waals surface area contributed by atoms with Crippen molar-refractivity contribution in [3.8, 4) is 0 Å². The third-order valence-electron chi connectivity index (χ3n) is 3.81. The Morgan fingerprint density at radius 2 is 1.88 bits per heavy atom. The van der Waals surface area contributed by atoms with Gasteiger partial charge < -0.3 is 49.6 Å². The van der Waals surface area contributed by atoms with E-state index in [9.17, 15) is 35.1 Å². The minimum Gasteiger partial charge on any atom is -0.505 e. The number of hydrogen-bond acceptors (Lipinski definition) is 12. The molecule has 0 bridgehead atoms. The monoisotopic (exact) mass is 380 g/mol. The average Bonchev–Trinajstić information content (AvgIpc) is 2.88. The molecule has 7 atom stereocenters. The normalized spacial score (nSPS) is 35.8. The number of cyclic esters (lactones) is 1. The Bertz CT molecular complexity index is 572. The van der Waals surface area contributed by atoms with Crippen LogP contribution < -0.4 is 0 Å². The standard InChI is InChI=1S/C14H20O12/c1-4(16)23-3-5(17)11-10(21)12(13(22)25-11)26-14-9(20)8(19)7(18)6(2-15)24-14/h5-9,11,14-15,17-21H,2-3H2,1H3/t5-,6+,7+,8-,9+,11+,14-/m0/s1. The van der Waals surface area contributed by atoms with E-state index < -0.39 is 79.6 Å². The van der Waals surface area contributed by atoms with E-state index in [-0.39, 0.29) is 0 Å². The molecule has 1 fully saturated rings. The molecule has 2 rings (SSSR count). The summed E-state index contributed by atoms with van der Waals surface area (Å²) in [6.07, 6.45) is -11.4. The molecular formula is C14H20O12. The molecule has 0 radical (unpaired) electrons. The molecule has 0 amide bonds. The molecule has 0 spiro atoms. The van der Waals surface area contributed by atoms with Crippen LogP contribution in [0.3, 0.4) is 0 Å². The molecule has 26 heavy (non-hydrogen) atoms. The molecular weight excluding hydrogens is 360 g/mol. The topological polar surface area (TPSA) is 192 Å². The molecule has 12 nitrogen and oxygen atoms in total. The largest absolute Gasteiger partial charge is 0.505 e. The fraction of sp³-hybridized carbons (Fsp3) is 0.714. The van der Waals surface area contributed by atoms with Gasteiger partial charge in [0.2, 0.25) is 12.0 Å². The number of carbonyl (C=O) groups excluding carboxylic acids is 2. The van der Waals surface area contributed by atoms with Gasteiger partial charge in [-0.2, -0.15) is 0 Å². The van der Waals surface area contributed by atoms with Crippen LogP contribution in [0, 0.1) is 0 Å². The Hall–Kier alpha value is -1.96. The molecule has 6 N–H and O–H groups in total. The number of hydrogen-bond donors (Lipinski definition) is 6. The lowest BCUT2D eigenvalue weighted by molar-refractivity contribution is -0.291. The van der Waals surface area contributed by atoms with Gasteiger partial charge in [0.25, 0.3) is 0 Å². The van der Waals surface area contributed by atoms with Gasteiger partial charge in [0.1, 0.15) is 37.1 Å². The molecule has 0 aromatic rings. The second-order valence-electron chi connectivity index (χ2n) is 5.73. The molecule has 1 saturated heterocycles. The molecule has 2 aliphatic rings. The van der Waals surface area contributed by atoms with Crippen LogP contribution in [0.2, 0.25) is 0 Å². The van der Waals surface area contributed by atoms with Crippen molar-refractivity contribution < 1.29 is 59.2 Å². The van der Waals surface area contributed by atoms with Crippen LogP contribution in [0.15, 0.2) is 11.5 Å². The fourth-order valence-corrected chi connectivity index (χ4v) is 2.40. The maximum absolute atomic E-state index is 11.8. The van der Waals surface area contributed by atoms with Crippen LogP contribution in [0.4, 0.5) is 0 Å². The van der Waals surface area contributed by atoms with E-state index >= 15 is 0 Å². The van der Waals surface area contributed by atoms with Gasteiger partial charge in [-0.1, -0.05) is 0 Å². The Morgan fingerprint density at radius 1 is 1.23 bits per heavy atom. The van der Waals surface area contributed by atoms with Crippen LogP contribution in [-0.2, 0) is 28.5 Å². The predicted molar refractivity (Wildman–Crippen MR) is 77.0 cm³/mol. The summed E-state index contributed by atoms with van der Waals surface area (Å²) >= 11 is 0. The van der Waals surface area contributed by atoms with Crippen molar-refractivity contribution in [3.63, 3.8) is 0 Å². The highest BCUT2D eigenvalue weighted by atomic mass is 16.7. The second-order valence-corrected chi connectivity index (χ2v) is 5.73. The van der Waals surface area contributed by atoms with Crippen molar-refractivity contribution in [1.82, 2.24) is 0 Å². The highest BCUT2D eigenvalue weighted by Gasteiger charge is 2.48. The summed E-state index contributed by atoms with van der Waals surface area (Å²) in [7, 11) is 0. The van der Waals surface area contributed by atoms with Gasteiger partial charge in [0.15, 0.2) is 11.9 Å². The van der Waals surface area contributed by atoms with E-state index in [1.165, 1.54) is 0 Å². The van der Waals surface area contributed by atoms with Crippen molar-refractivity contribution in [3.05, 3.63) is 11.5 Å². The molecule has 2 heterocycles. The van der Waals surface area contributed by atoms with Crippen molar-refractivity contribution in [2.24, 2.45) is 0 Å². The SMILES string of the molecule is CC(=O)OC[C@H](O)[C@H]1OC(=O)C(O[C@@H]2O[C@H](CO)[C@@H](O)[C@H](O)[C@H]2O)=C1O. The maximum atomic E-state index is 11.8. The Balaban J connectivity index is 2.11. The number of esters is 2. The van der Waals surface area contributed by atoms with Gasteiger partial charge >= 0.3 is 11.9 Å². The van der Waals surface area contributed by atoms with E-state index in [1.807, 2.05) is 0 Å². The van der Waals surface area contributed by atoms with Crippen LogP contribution in [0.1, 0.15) is 6.92 Å². The van der Waals surface area contributed by atoms with E-state index in [0.717, 1.165) is 6.92 Å². The Morgan fingerprint density at radius 3 is 2.46 bits per heavy atom. The molecule has 2 aliphatic heterocycles. The highest BCUT2D eigenvalue weighted by Crippen LogP contribution is 2.29. The van der Waals surface area contributed by atoms with Gasteiger partial charge in [-0.3, -0.25) is 4.79 Å². The summed E-state index contributed by atoms with van der Waals surface area (Å²) in [5.41, 5.74) is 0. The number of aliphatic hydroxyl groups excluding tert-OH is 6. The van der Waals surface area contributed by atoms with Crippen molar-refractivity contribution in [1.29, 1.82) is 0 Å². The quantitative estimate of drug-likeness (QED) is 0.249. The third kappa shape index (κ3) is 4.06. The fourth-order valence-electron chi connectivity index (χ4n) is 2.40. The maximum Gasteiger partial charge on any atom is 0.378 e. The summed E-state index contributed by atoms with van der Waals surface area (Å²) in [4.78, 5) is 22.6. The lowest BCUT2D eigenvalue weighted by Crippen LogP contribution is -2.59. The molecule has 0 unspecified atom stereocenters. The Labute approximate surface area is 146 Å². The van der Waals surface area contributed by atoms with Gasteiger partial charge in [-0.15, -0.1) is 0 Å². The van der Waals surface area contributed by atoms with E-state index in [4.69, 9.17) is 19.3 Å². The second kappa shape index (κ2) is 8.16. The smallest absolute Gasteiger partial charge is 0.378 e. The van der Waals surface area contributed by atoms with Crippen molar-refractivity contribution in [2.45, 2.75) is 49.8 Å². The van der Waals surface area contributed by atoms with Crippen LogP contribution >= 0.6 is 0 Å². The molecule has 0 aliphatic carbocycles. The average molecular weight is 380 g/mol. The van der Waals surface area contributed by atoms with Gasteiger partial charge in [0.05, 0.1) is 6.61 Å². The van der Waals surface area contributed by atoms with E-state index in [2.05, 4.69) is 4.74 Å². The van der Waals surface area contributed by atoms with Crippen molar-refractivity contribution >= 4 is 11.9 Å². The van der Waals surface area contributed by atoms with Gasteiger partial charge in [-0.25, -0.2) is 4.79 Å². The zero-order valence-corrected chi connectivity index (χ0v) is 13.6.